The summed E-state index contributed by atoms with van der Waals surface area (Å²) in [6, 6.07) is 10.7. The highest BCUT2D eigenvalue weighted by molar-refractivity contribution is 9.10. The van der Waals surface area contributed by atoms with E-state index in [-0.39, 0.29) is 18.2 Å². The first kappa shape index (κ1) is 18.3. The van der Waals surface area contributed by atoms with Gasteiger partial charge in [0.2, 0.25) is 11.8 Å². The number of carbonyl (C=O) groups is 2. The standard InChI is InChI=1S/C19H19BrN2O4/c1-2-18(23)21-13-4-3-5-14(10-13)22-19(24)9-12-8-16-17(11-15(12)20)26-7-6-25-16/h3-5,8,10-11H,2,6-7,9H2,1H3,(H,21,23)(H,22,24). The van der Waals surface area contributed by atoms with Crippen LogP contribution in [0.4, 0.5) is 11.4 Å². The monoisotopic (exact) mass is 418 g/mol. The van der Waals surface area contributed by atoms with Crippen LogP contribution in [0.25, 0.3) is 0 Å². The summed E-state index contributed by atoms with van der Waals surface area (Å²) in [6.07, 6.45) is 0.581. The van der Waals surface area contributed by atoms with Crippen LogP contribution in [0, 0.1) is 0 Å². The van der Waals surface area contributed by atoms with Crippen LogP contribution in [0.3, 0.4) is 0 Å². The largest absolute Gasteiger partial charge is 0.486 e. The lowest BCUT2D eigenvalue weighted by Crippen LogP contribution is -2.17. The number of benzene rings is 2. The maximum absolute atomic E-state index is 12.4. The van der Waals surface area contributed by atoms with E-state index in [9.17, 15) is 9.59 Å². The molecular formula is C19H19BrN2O4. The zero-order valence-electron chi connectivity index (χ0n) is 14.3. The predicted octanol–water partition coefficient (Wildman–Crippen LogP) is 3.75. The Bertz CT molecular complexity index is 838. The van der Waals surface area contributed by atoms with Gasteiger partial charge < -0.3 is 20.1 Å². The minimum Gasteiger partial charge on any atom is -0.486 e. The van der Waals surface area contributed by atoms with E-state index in [1.54, 1.807) is 31.2 Å². The average Bonchev–Trinajstić information content (AvgIpc) is 2.62. The third-order valence-corrected chi connectivity index (χ3v) is 4.55. The van der Waals surface area contributed by atoms with Crippen LogP contribution in [0.1, 0.15) is 18.9 Å². The van der Waals surface area contributed by atoms with E-state index in [1.165, 1.54) is 0 Å². The van der Waals surface area contributed by atoms with Gasteiger partial charge in [-0.1, -0.05) is 28.9 Å². The Hall–Kier alpha value is -2.54. The minimum atomic E-state index is -0.165. The number of nitrogens with one attached hydrogen (secondary N) is 2. The molecular weight excluding hydrogens is 400 g/mol. The van der Waals surface area contributed by atoms with E-state index in [4.69, 9.17) is 9.47 Å². The van der Waals surface area contributed by atoms with Crippen molar-refractivity contribution in [1.82, 2.24) is 0 Å². The fraction of sp³-hybridized carbons (Fsp3) is 0.263. The Morgan fingerprint density at radius 2 is 1.62 bits per heavy atom. The molecule has 136 valence electrons. The summed E-state index contributed by atoms with van der Waals surface area (Å²) in [4.78, 5) is 23.9. The molecule has 0 fully saturated rings. The van der Waals surface area contributed by atoms with Crippen molar-refractivity contribution in [1.29, 1.82) is 0 Å². The highest BCUT2D eigenvalue weighted by Crippen LogP contribution is 2.35. The summed E-state index contributed by atoms with van der Waals surface area (Å²) in [7, 11) is 0. The first-order valence-corrected chi connectivity index (χ1v) is 9.12. The molecule has 2 N–H and O–H groups in total. The molecule has 0 aliphatic carbocycles. The Labute approximate surface area is 160 Å². The molecule has 0 spiro atoms. The number of ether oxygens (including phenoxy) is 2. The van der Waals surface area contributed by atoms with Crippen molar-refractivity contribution in [2.75, 3.05) is 23.8 Å². The van der Waals surface area contributed by atoms with Crippen LogP contribution < -0.4 is 20.1 Å². The zero-order chi connectivity index (χ0) is 18.5. The lowest BCUT2D eigenvalue weighted by molar-refractivity contribution is -0.116. The molecule has 6 nitrogen and oxygen atoms in total. The molecule has 0 unspecified atom stereocenters. The lowest BCUT2D eigenvalue weighted by atomic mass is 10.1. The van der Waals surface area contributed by atoms with E-state index in [0.29, 0.717) is 42.5 Å². The van der Waals surface area contributed by atoms with Gasteiger partial charge in [0.1, 0.15) is 13.2 Å². The molecule has 0 saturated heterocycles. The van der Waals surface area contributed by atoms with Gasteiger partial charge in [0.25, 0.3) is 0 Å². The molecule has 0 radical (unpaired) electrons. The number of anilines is 2. The van der Waals surface area contributed by atoms with Crippen LogP contribution >= 0.6 is 15.9 Å². The average molecular weight is 419 g/mol. The topological polar surface area (TPSA) is 76.7 Å². The number of rotatable bonds is 5. The quantitative estimate of drug-likeness (QED) is 0.774. The second-order valence-electron chi connectivity index (χ2n) is 5.79. The van der Waals surface area contributed by atoms with Crippen molar-refractivity contribution < 1.29 is 19.1 Å². The molecule has 26 heavy (non-hydrogen) atoms. The van der Waals surface area contributed by atoms with Gasteiger partial charge in [-0.25, -0.2) is 0 Å². The van der Waals surface area contributed by atoms with Crippen LogP contribution in [0.15, 0.2) is 40.9 Å². The molecule has 0 atom stereocenters. The summed E-state index contributed by atoms with van der Waals surface area (Å²) in [5.41, 5.74) is 2.08. The molecule has 1 aliphatic heterocycles. The van der Waals surface area contributed by atoms with Gasteiger partial charge in [-0.3, -0.25) is 9.59 Å². The summed E-state index contributed by atoms with van der Waals surface area (Å²) in [5.74, 6) is 1.08. The molecule has 0 bridgehead atoms. The molecule has 1 heterocycles. The van der Waals surface area contributed by atoms with Crippen LogP contribution in [0.5, 0.6) is 11.5 Å². The Morgan fingerprint density at radius 3 is 2.27 bits per heavy atom. The molecule has 2 aromatic rings. The van der Waals surface area contributed by atoms with E-state index < -0.39 is 0 Å². The van der Waals surface area contributed by atoms with E-state index in [1.807, 2.05) is 12.1 Å². The van der Waals surface area contributed by atoms with Crippen molar-refractivity contribution in [3.05, 3.63) is 46.4 Å². The van der Waals surface area contributed by atoms with Crippen LogP contribution in [0.2, 0.25) is 0 Å². The van der Waals surface area contributed by atoms with Gasteiger partial charge >= 0.3 is 0 Å². The van der Waals surface area contributed by atoms with Gasteiger partial charge in [0.05, 0.1) is 6.42 Å². The van der Waals surface area contributed by atoms with Crippen LogP contribution in [-0.4, -0.2) is 25.0 Å². The number of hydrogen-bond donors (Lipinski definition) is 2. The van der Waals surface area contributed by atoms with Crippen molar-refractivity contribution in [2.45, 2.75) is 19.8 Å². The molecule has 2 amide bonds. The van der Waals surface area contributed by atoms with Crippen LogP contribution in [-0.2, 0) is 16.0 Å². The van der Waals surface area contributed by atoms with Crippen molar-refractivity contribution in [2.24, 2.45) is 0 Å². The Kier molecular flexibility index (Phi) is 5.78. The van der Waals surface area contributed by atoms with Gasteiger partial charge in [-0.2, -0.15) is 0 Å². The second kappa shape index (κ2) is 8.23. The van der Waals surface area contributed by atoms with E-state index >= 15 is 0 Å². The summed E-state index contributed by atoms with van der Waals surface area (Å²) in [6.45, 7) is 2.80. The third-order valence-electron chi connectivity index (χ3n) is 3.81. The third kappa shape index (κ3) is 4.54. The van der Waals surface area contributed by atoms with Crippen molar-refractivity contribution >= 4 is 39.1 Å². The number of fused-ring (bicyclic) bond motifs is 1. The fourth-order valence-corrected chi connectivity index (χ4v) is 3.01. The number of hydrogen-bond acceptors (Lipinski definition) is 4. The summed E-state index contributed by atoms with van der Waals surface area (Å²) < 4.78 is 11.9. The Balaban J connectivity index is 1.68. The Morgan fingerprint density at radius 1 is 1.00 bits per heavy atom. The van der Waals surface area contributed by atoms with Gasteiger partial charge in [-0.15, -0.1) is 0 Å². The van der Waals surface area contributed by atoms with E-state index in [0.717, 1.165) is 10.0 Å². The highest BCUT2D eigenvalue weighted by atomic mass is 79.9. The SMILES string of the molecule is CCC(=O)Nc1cccc(NC(=O)Cc2cc3c(cc2Br)OCCO3)c1. The zero-order valence-corrected chi connectivity index (χ0v) is 15.9. The number of carbonyl (C=O) groups excluding carboxylic acids is 2. The highest BCUT2D eigenvalue weighted by Gasteiger charge is 2.16. The van der Waals surface area contributed by atoms with Crippen molar-refractivity contribution in [3.8, 4) is 11.5 Å². The first-order chi connectivity index (χ1) is 12.5. The first-order valence-electron chi connectivity index (χ1n) is 8.33. The second-order valence-corrected chi connectivity index (χ2v) is 6.65. The van der Waals surface area contributed by atoms with Crippen molar-refractivity contribution in [3.63, 3.8) is 0 Å². The maximum Gasteiger partial charge on any atom is 0.228 e. The molecule has 2 aromatic carbocycles. The van der Waals surface area contributed by atoms with Gasteiger partial charge in [0, 0.05) is 22.3 Å². The van der Waals surface area contributed by atoms with Gasteiger partial charge in [0.15, 0.2) is 11.5 Å². The smallest absolute Gasteiger partial charge is 0.228 e. The lowest BCUT2D eigenvalue weighted by Gasteiger charge is -2.19. The normalized spacial score (nSPS) is 12.4. The molecule has 1 aliphatic rings. The minimum absolute atomic E-state index is 0.0753. The fourth-order valence-electron chi connectivity index (χ4n) is 2.54. The van der Waals surface area contributed by atoms with E-state index in [2.05, 4.69) is 26.6 Å². The predicted molar refractivity (Wildman–Crippen MR) is 103 cm³/mol. The molecule has 7 heteroatoms. The summed E-state index contributed by atoms with van der Waals surface area (Å²) in [5, 5.41) is 5.62. The molecule has 3 rings (SSSR count). The molecule has 0 aromatic heterocycles. The summed E-state index contributed by atoms with van der Waals surface area (Å²) >= 11 is 3.47. The van der Waals surface area contributed by atoms with Gasteiger partial charge in [-0.05, 0) is 35.9 Å². The maximum atomic E-state index is 12.4. The number of halogens is 1. The number of amides is 2. The molecule has 0 saturated carbocycles.